The lowest BCUT2D eigenvalue weighted by Gasteiger charge is -2.71. The van der Waals surface area contributed by atoms with Gasteiger partial charge in [0, 0.05) is 0 Å². The Morgan fingerprint density at radius 1 is 0.806 bits per heavy atom. The maximum absolute atomic E-state index is 14.8. The first-order valence-corrected chi connectivity index (χ1v) is 22.8. The third-order valence-corrected chi connectivity index (χ3v) is 18.3. The van der Waals surface area contributed by atoms with Crippen LogP contribution < -0.4 is 5.32 Å². The van der Waals surface area contributed by atoms with Gasteiger partial charge in [0.25, 0.3) is 0 Å². The zero-order valence-electron chi connectivity index (χ0n) is 37.3. The number of hydrogen-bond donors (Lipinski definition) is 10. The van der Waals surface area contributed by atoms with Gasteiger partial charge in [0.2, 0.25) is 5.91 Å². The molecule has 6 fully saturated rings. The Hall–Kier alpha value is -2.13. The van der Waals surface area contributed by atoms with Gasteiger partial charge < -0.3 is 65.5 Å². The molecular formula is C45H72N4O13. The Labute approximate surface area is 363 Å². The van der Waals surface area contributed by atoms with Crippen molar-refractivity contribution in [2.45, 2.75) is 186 Å². The summed E-state index contributed by atoms with van der Waals surface area (Å²) in [5, 5.41) is 108. The fourth-order valence-corrected chi connectivity index (χ4v) is 14.4. The third-order valence-electron chi connectivity index (χ3n) is 18.3. The van der Waals surface area contributed by atoms with Gasteiger partial charge in [0.05, 0.1) is 43.6 Å². The summed E-state index contributed by atoms with van der Waals surface area (Å²) < 4.78 is 18.2. The first-order chi connectivity index (χ1) is 29.0. The number of ether oxygens (including phenoxy) is 3. The number of aromatic nitrogens is 3. The second-order valence-electron chi connectivity index (χ2n) is 22.3. The normalized spacial score (nSPS) is 49.7. The molecule has 62 heavy (non-hydrogen) atoms. The van der Waals surface area contributed by atoms with E-state index < -0.39 is 86.1 Å². The molecule has 2 aliphatic heterocycles. The van der Waals surface area contributed by atoms with E-state index in [-0.39, 0.29) is 51.5 Å². The van der Waals surface area contributed by atoms with Crippen LogP contribution in [-0.2, 0) is 25.5 Å². The van der Waals surface area contributed by atoms with E-state index in [1.165, 1.54) is 16.5 Å². The van der Waals surface area contributed by atoms with E-state index in [1.807, 2.05) is 0 Å². The van der Waals surface area contributed by atoms with Crippen molar-refractivity contribution in [2.75, 3.05) is 13.2 Å². The molecule has 1 aromatic heterocycles. The number of hydrogen-bond acceptors (Lipinski definition) is 15. The maximum atomic E-state index is 14.8. The smallest absolute Gasteiger partial charge is 0.229 e. The van der Waals surface area contributed by atoms with Gasteiger partial charge >= 0.3 is 0 Å². The molecule has 350 valence electrons. The molecule has 19 atom stereocenters. The number of rotatable bonds is 8. The number of nitrogens with one attached hydrogen (secondary N) is 1. The van der Waals surface area contributed by atoms with Gasteiger partial charge in [0.15, 0.2) is 12.5 Å². The number of aliphatic hydroxyl groups excluding tert-OH is 9. The second kappa shape index (κ2) is 16.0. The number of aliphatic hydroxyl groups is 9. The van der Waals surface area contributed by atoms with Gasteiger partial charge in [-0.15, -0.1) is 5.10 Å². The van der Waals surface area contributed by atoms with Gasteiger partial charge in [-0.3, -0.25) is 4.79 Å². The molecule has 7 aliphatic rings. The quantitative estimate of drug-likeness (QED) is 0.162. The van der Waals surface area contributed by atoms with Crippen molar-refractivity contribution in [1.29, 1.82) is 0 Å². The van der Waals surface area contributed by atoms with E-state index in [9.17, 15) is 50.8 Å². The van der Waals surface area contributed by atoms with Crippen molar-refractivity contribution >= 4 is 5.91 Å². The molecule has 0 bridgehead atoms. The molecule has 17 heteroatoms. The van der Waals surface area contributed by atoms with E-state index in [0.29, 0.717) is 30.4 Å². The van der Waals surface area contributed by atoms with Crippen molar-refractivity contribution in [3.8, 4) is 0 Å². The summed E-state index contributed by atoms with van der Waals surface area (Å²) in [5.74, 6) is 0.352. The lowest BCUT2D eigenvalue weighted by atomic mass is 9.33. The zero-order valence-corrected chi connectivity index (χ0v) is 37.3. The largest absolute Gasteiger partial charge is 0.394 e. The molecule has 8 rings (SSSR count). The zero-order chi connectivity index (χ0) is 45.1. The number of carbonyl (C=O) groups excluding carboxylic acids is 1. The fourth-order valence-electron chi connectivity index (χ4n) is 14.4. The third kappa shape index (κ3) is 6.89. The predicted molar refractivity (Wildman–Crippen MR) is 220 cm³/mol. The minimum absolute atomic E-state index is 0.0419. The van der Waals surface area contributed by atoms with Crippen LogP contribution in [0.3, 0.4) is 0 Å². The average Bonchev–Trinajstić information content (AvgIpc) is 3.69. The highest BCUT2D eigenvalue weighted by molar-refractivity contribution is 5.85. The highest BCUT2D eigenvalue weighted by Crippen LogP contribution is 2.75. The van der Waals surface area contributed by atoms with E-state index in [4.69, 9.17) is 14.2 Å². The monoisotopic (exact) mass is 877 g/mol. The number of fused-ring (bicyclic) bond motifs is 7. The number of carbonyl (C=O) groups is 1. The molecule has 3 heterocycles. The van der Waals surface area contributed by atoms with Gasteiger partial charge in [0.1, 0.15) is 54.5 Å². The molecule has 17 nitrogen and oxygen atoms in total. The summed E-state index contributed by atoms with van der Waals surface area (Å²) in [7, 11) is 0. The molecule has 5 aliphatic carbocycles. The summed E-state index contributed by atoms with van der Waals surface area (Å²) in [6, 6.07) is 0. The second-order valence-corrected chi connectivity index (χ2v) is 22.3. The predicted octanol–water partition coefficient (Wildman–Crippen LogP) is 0.824. The van der Waals surface area contributed by atoms with Gasteiger partial charge in [-0.05, 0) is 103 Å². The van der Waals surface area contributed by atoms with Crippen LogP contribution in [0.4, 0.5) is 0 Å². The summed E-state index contributed by atoms with van der Waals surface area (Å²) >= 11 is 0. The van der Waals surface area contributed by atoms with Crippen LogP contribution in [0.5, 0.6) is 0 Å². The van der Waals surface area contributed by atoms with Crippen molar-refractivity contribution < 1.29 is 65.0 Å². The van der Waals surface area contributed by atoms with Crippen molar-refractivity contribution in [3.63, 3.8) is 0 Å². The van der Waals surface area contributed by atoms with Crippen molar-refractivity contribution in [3.05, 3.63) is 23.5 Å². The van der Waals surface area contributed by atoms with Gasteiger partial charge in [-0.2, -0.15) is 0 Å². The Balaban J connectivity index is 0.994. The first kappa shape index (κ1) is 46.4. The Bertz CT molecular complexity index is 1860. The van der Waals surface area contributed by atoms with Gasteiger partial charge in [-0.1, -0.05) is 65.3 Å². The Morgan fingerprint density at radius 2 is 1.52 bits per heavy atom. The summed E-state index contributed by atoms with van der Waals surface area (Å²) in [6.07, 6.45) is -5.75. The van der Waals surface area contributed by atoms with E-state index in [0.717, 1.165) is 44.9 Å². The summed E-state index contributed by atoms with van der Waals surface area (Å²) in [5.41, 5.74) is -0.0486. The molecule has 4 saturated carbocycles. The van der Waals surface area contributed by atoms with Crippen LogP contribution in [0.1, 0.15) is 118 Å². The highest BCUT2D eigenvalue weighted by Gasteiger charge is 2.71. The molecule has 1 amide bonds. The van der Waals surface area contributed by atoms with Gasteiger partial charge in [-0.25, -0.2) is 4.68 Å². The van der Waals surface area contributed by atoms with Crippen LogP contribution >= 0.6 is 0 Å². The SMILES string of the molecule is CC1(C)CC[C@]2(C(=O)NCc3cn([C@@H]4O[C@H](CO)[C@@H](O[C@@H]5O[C@H](CO)[C@@H](O)[C@H](O)[C@H]5O)[C@H](O)[C@H]4O)nn3)[C@H](O)C[C@]3(C)C(=CC[C@@H]4[C@@]5(C)CC[C@H](O)C(C)(C)[C@@H]5CC[C@]43C)[C@@H]2C1. The minimum Gasteiger partial charge on any atom is -0.394 e. The molecule has 1 aromatic rings. The number of amides is 1. The van der Waals surface area contributed by atoms with E-state index in [2.05, 4.69) is 70.2 Å². The van der Waals surface area contributed by atoms with Crippen LogP contribution in [0.25, 0.3) is 0 Å². The standard InChI is InChI=1S/C45H72N4O13/c1-40(2)14-15-45(24(16-40)23-8-9-28-42(5)12-11-29(52)41(3,4)27(42)10-13-43(28,6)44(23,7)17-30(45)53)39(59)46-18-22-19-49(48-47-22)37-34(57)33(56)36(26(21-51)60-37)62-38-35(58)32(55)31(54)25(20-50)61-38/h8,19,24-38,50-58H,9-18,20-21H2,1-7H3,(H,46,59)/t24-,25+,26+,27-,28+,29-,30+,31+,32-,33+,34+,35+,36+,37+,38-,42-,43+,44+,45+/m0/s1. The topological polar surface area (TPSA) is 270 Å². The highest BCUT2D eigenvalue weighted by atomic mass is 16.7. The van der Waals surface area contributed by atoms with E-state index in [1.54, 1.807) is 0 Å². The molecule has 0 radical (unpaired) electrons. The van der Waals surface area contributed by atoms with Crippen molar-refractivity contribution in [2.24, 2.45) is 50.2 Å². The molecule has 0 unspecified atom stereocenters. The van der Waals surface area contributed by atoms with Crippen LogP contribution in [0.15, 0.2) is 17.8 Å². The fraction of sp³-hybridized carbons (Fsp3) is 0.889. The van der Waals surface area contributed by atoms with Crippen molar-refractivity contribution in [1.82, 2.24) is 20.3 Å². The molecular weight excluding hydrogens is 805 g/mol. The summed E-state index contributed by atoms with van der Waals surface area (Å²) in [6.45, 7) is 14.8. The molecule has 0 spiro atoms. The Kier molecular flexibility index (Phi) is 12.0. The number of allylic oxidation sites excluding steroid dienone is 2. The first-order valence-electron chi connectivity index (χ1n) is 22.8. The molecule has 10 N–H and O–H groups in total. The maximum Gasteiger partial charge on any atom is 0.229 e. The lowest BCUT2D eigenvalue weighted by molar-refractivity contribution is -0.347. The molecule has 0 aromatic carbocycles. The summed E-state index contributed by atoms with van der Waals surface area (Å²) in [4.78, 5) is 14.8. The average molecular weight is 877 g/mol. The van der Waals surface area contributed by atoms with Crippen LogP contribution in [0, 0.1) is 50.2 Å². The Morgan fingerprint density at radius 3 is 2.21 bits per heavy atom. The molecule has 2 saturated heterocycles. The van der Waals surface area contributed by atoms with Crippen LogP contribution in [0.2, 0.25) is 0 Å². The number of nitrogens with zero attached hydrogens (tertiary/aromatic N) is 3. The van der Waals surface area contributed by atoms with E-state index >= 15 is 0 Å². The lowest BCUT2D eigenvalue weighted by Crippen LogP contribution is -2.68. The van der Waals surface area contributed by atoms with Crippen LogP contribution in [-0.4, -0.2) is 147 Å². The minimum atomic E-state index is -1.79.